The summed E-state index contributed by atoms with van der Waals surface area (Å²) >= 11 is 1.98. The highest BCUT2D eigenvalue weighted by Crippen LogP contribution is 2.30. The molecule has 102 valence electrons. The molecule has 0 amide bonds. The van der Waals surface area contributed by atoms with E-state index in [-0.39, 0.29) is 0 Å². The summed E-state index contributed by atoms with van der Waals surface area (Å²) in [6, 6.07) is 0. The van der Waals surface area contributed by atoms with Crippen molar-refractivity contribution in [2.75, 3.05) is 25.6 Å². The zero-order valence-electron chi connectivity index (χ0n) is 11.5. The van der Waals surface area contributed by atoms with Gasteiger partial charge in [0.2, 0.25) is 0 Å². The molecule has 1 aliphatic heterocycles. The Morgan fingerprint density at radius 3 is 2.41 bits per heavy atom. The summed E-state index contributed by atoms with van der Waals surface area (Å²) in [4.78, 5) is 0. The van der Waals surface area contributed by atoms with Crippen LogP contribution in [0.1, 0.15) is 52.4 Å². The lowest BCUT2D eigenvalue weighted by molar-refractivity contribution is 0.00921. The summed E-state index contributed by atoms with van der Waals surface area (Å²) in [5, 5.41) is 0.688. The van der Waals surface area contributed by atoms with E-state index in [9.17, 15) is 0 Å². The SMILES string of the molecule is CCCCCCCCOCCOC1CSC1C. The Balaban J connectivity index is 1.70. The number of thioether (sulfide) groups is 1. The first-order valence-corrected chi connectivity index (χ1v) is 8.20. The van der Waals surface area contributed by atoms with E-state index >= 15 is 0 Å². The highest BCUT2D eigenvalue weighted by Gasteiger charge is 2.27. The smallest absolute Gasteiger partial charge is 0.0782 e. The van der Waals surface area contributed by atoms with Gasteiger partial charge >= 0.3 is 0 Å². The Bertz CT molecular complexity index is 176. The first-order chi connectivity index (χ1) is 8.34. The second-order valence-corrected chi connectivity index (χ2v) is 6.24. The zero-order valence-corrected chi connectivity index (χ0v) is 12.3. The first kappa shape index (κ1) is 15.3. The molecule has 2 atom stereocenters. The summed E-state index contributed by atoms with van der Waals surface area (Å²) in [5.74, 6) is 1.17. The van der Waals surface area contributed by atoms with Gasteiger partial charge in [0.05, 0.1) is 19.3 Å². The molecule has 0 aliphatic carbocycles. The molecule has 0 N–H and O–H groups in total. The van der Waals surface area contributed by atoms with Gasteiger partial charge in [-0.2, -0.15) is 11.8 Å². The fraction of sp³-hybridized carbons (Fsp3) is 1.00. The second-order valence-electron chi connectivity index (χ2n) is 4.83. The van der Waals surface area contributed by atoms with E-state index in [1.165, 1.54) is 44.3 Å². The summed E-state index contributed by atoms with van der Waals surface area (Å²) in [6.07, 6.45) is 8.47. The fourth-order valence-electron chi connectivity index (χ4n) is 1.90. The molecule has 17 heavy (non-hydrogen) atoms. The molecular weight excluding hydrogens is 232 g/mol. The van der Waals surface area contributed by atoms with Crippen LogP contribution in [0, 0.1) is 0 Å². The third-order valence-electron chi connectivity index (χ3n) is 3.25. The Kier molecular flexibility index (Phi) is 9.21. The minimum Gasteiger partial charge on any atom is -0.379 e. The van der Waals surface area contributed by atoms with E-state index in [2.05, 4.69) is 13.8 Å². The second kappa shape index (κ2) is 10.2. The van der Waals surface area contributed by atoms with Gasteiger partial charge in [-0.15, -0.1) is 0 Å². The van der Waals surface area contributed by atoms with Gasteiger partial charge in [0.1, 0.15) is 0 Å². The van der Waals surface area contributed by atoms with Crippen LogP contribution in [0.4, 0.5) is 0 Å². The largest absolute Gasteiger partial charge is 0.379 e. The third-order valence-corrected chi connectivity index (χ3v) is 4.60. The minimum absolute atomic E-state index is 0.484. The Hall–Kier alpha value is 0.270. The highest BCUT2D eigenvalue weighted by atomic mass is 32.2. The molecule has 1 saturated heterocycles. The van der Waals surface area contributed by atoms with Crippen LogP contribution in [0.3, 0.4) is 0 Å². The molecule has 0 aromatic heterocycles. The van der Waals surface area contributed by atoms with Crippen molar-refractivity contribution < 1.29 is 9.47 Å². The quantitative estimate of drug-likeness (QED) is 0.525. The molecule has 2 unspecified atom stereocenters. The first-order valence-electron chi connectivity index (χ1n) is 7.15. The Labute approximate surface area is 111 Å². The van der Waals surface area contributed by atoms with Crippen LogP contribution in [-0.4, -0.2) is 36.9 Å². The molecule has 1 rings (SSSR count). The number of ether oxygens (including phenoxy) is 2. The molecule has 2 nitrogen and oxygen atoms in total. The van der Waals surface area contributed by atoms with Crippen molar-refractivity contribution >= 4 is 11.8 Å². The van der Waals surface area contributed by atoms with Gasteiger partial charge in [-0.25, -0.2) is 0 Å². The highest BCUT2D eigenvalue weighted by molar-refractivity contribution is 8.01. The number of hydrogen-bond donors (Lipinski definition) is 0. The maximum absolute atomic E-state index is 5.70. The lowest BCUT2D eigenvalue weighted by Crippen LogP contribution is -2.37. The van der Waals surface area contributed by atoms with Crippen molar-refractivity contribution in [2.24, 2.45) is 0 Å². The van der Waals surface area contributed by atoms with Gasteiger partial charge < -0.3 is 9.47 Å². The summed E-state index contributed by atoms with van der Waals surface area (Å²) in [7, 11) is 0. The van der Waals surface area contributed by atoms with Crippen LogP contribution in [0.15, 0.2) is 0 Å². The topological polar surface area (TPSA) is 18.5 Å². The van der Waals surface area contributed by atoms with E-state index in [0.29, 0.717) is 11.4 Å². The van der Waals surface area contributed by atoms with Crippen LogP contribution in [0.25, 0.3) is 0 Å². The third kappa shape index (κ3) is 7.32. The average Bonchev–Trinajstić information content (AvgIpc) is 2.34. The van der Waals surface area contributed by atoms with E-state index in [0.717, 1.165) is 19.8 Å². The number of rotatable bonds is 11. The molecule has 1 aliphatic rings. The molecule has 0 radical (unpaired) electrons. The van der Waals surface area contributed by atoms with Gasteiger partial charge in [-0.05, 0) is 6.42 Å². The van der Waals surface area contributed by atoms with Gasteiger partial charge in [0.25, 0.3) is 0 Å². The van der Waals surface area contributed by atoms with E-state index in [1.807, 2.05) is 11.8 Å². The molecular formula is C14H28O2S. The molecule has 0 aromatic carbocycles. The summed E-state index contributed by atoms with van der Waals surface area (Å²) in [6.45, 7) is 6.93. The normalized spacial score (nSPS) is 23.6. The van der Waals surface area contributed by atoms with Crippen molar-refractivity contribution in [1.82, 2.24) is 0 Å². The van der Waals surface area contributed by atoms with Crippen molar-refractivity contribution in [3.8, 4) is 0 Å². The van der Waals surface area contributed by atoms with Gasteiger partial charge in [0, 0.05) is 17.6 Å². The fourth-order valence-corrected chi connectivity index (χ4v) is 2.81. The molecule has 0 bridgehead atoms. The minimum atomic E-state index is 0.484. The van der Waals surface area contributed by atoms with Crippen molar-refractivity contribution in [3.05, 3.63) is 0 Å². The maximum Gasteiger partial charge on any atom is 0.0782 e. The lowest BCUT2D eigenvalue weighted by atomic mass is 10.1. The molecule has 0 aromatic rings. The Morgan fingerprint density at radius 2 is 1.76 bits per heavy atom. The van der Waals surface area contributed by atoms with Crippen molar-refractivity contribution in [2.45, 2.75) is 63.7 Å². The summed E-state index contributed by atoms with van der Waals surface area (Å²) < 4.78 is 11.3. The average molecular weight is 260 g/mol. The monoisotopic (exact) mass is 260 g/mol. The molecule has 1 heterocycles. The van der Waals surface area contributed by atoms with Crippen LogP contribution in [0.5, 0.6) is 0 Å². The standard InChI is InChI=1S/C14H28O2S/c1-3-4-5-6-7-8-9-15-10-11-16-14-12-17-13(14)2/h13-14H,3-12H2,1-2H3. The van der Waals surface area contributed by atoms with Crippen molar-refractivity contribution in [3.63, 3.8) is 0 Å². The van der Waals surface area contributed by atoms with E-state index in [1.54, 1.807) is 0 Å². The van der Waals surface area contributed by atoms with Crippen LogP contribution in [0.2, 0.25) is 0 Å². The molecule has 1 fully saturated rings. The number of unbranched alkanes of at least 4 members (excludes halogenated alkanes) is 5. The van der Waals surface area contributed by atoms with Crippen LogP contribution >= 0.6 is 11.8 Å². The summed E-state index contributed by atoms with van der Waals surface area (Å²) in [5.41, 5.74) is 0. The van der Waals surface area contributed by atoms with Gasteiger partial charge in [-0.1, -0.05) is 46.0 Å². The maximum atomic E-state index is 5.70. The Morgan fingerprint density at radius 1 is 1.00 bits per heavy atom. The van der Waals surface area contributed by atoms with E-state index in [4.69, 9.17) is 9.47 Å². The van der Waals surface area contributed by atoms with Gasteiger partial charge in [-0.3, -0.25) is 0 Å². The predicted molar refractivity (Wildman–Crippen MR) is 75.9 cm³/mol. The van der Waals surface area contributed by atoms with Crippen LogP contribution in [-0.2, 0) is 9.47 Å². The zero-order chi connectivity index (χ0) is 12.3. The molecule has 0 saturated carbocycles. The van der Waals surface area contributed by atoms with Gasteiger partial charge in [0.15, 0.2) is 0 Å². The van der Waals surface area contributed by atoms with E-state index < -0.39 is 0 Å². The van der Waals surface area contributed by atoms with Crippen molar-refractivity contribution in [1.29, 1.82) is 0 Å². The molecule has 3 heteroatoms. The molecule has 0 spiro atoms. The predicted octanol–water partition coefficient (Wildman–Crippen LogP) is 3.88. The van der Waals surface area contributed by atoms with Crippen LogP contribution < -0.4 is 0 Å². The lowest BCUT2D eigenvalue weighted by Gasteiger charge is -2.32. The number of hydrogen-bond acceptors (Lipinski definition) is 3.